The Hall–Kier alpha value is -3.33. The zero-order chi connectivity index (χ0) is 27.9. The molecule has 2 aliphatic heterocycles. The minimum absolute atomic E-state index is 0.136. The van der Waals surface area contributed by atoms with Crippen molar-refractivity contribution in [2.75, 3.05) is 19.0 Å². The minimum atomic E-state index is -0.136. The molecule has 0 saturated carbocycles. The maximum Gasteiger partial charge on any atom is 0.209 e. The van der Waals surface area contributed by atoms with Crippen molar-refractivity contribution < 1.29 is 4.58 Å². The molecule has 0 amide bonds. The Morgan fingerprint density at radius 1 is 0.821 bits per heavy atom. The van der Waals surface area contributed by atoms with Gasteiger partial charge in [0.15, 0.2) is 5.71 Å². The van der Waals surface area contributed by atoms with Crippen LogP contribution in [-0.4, -0.2) is 24.4 Å². The molecule has 0 spiro atoms. The van der Waals surface area contributed by atoms with Crippen LogP contribution < -0.4 is 4.90 Å². The molecule has 0 aromatic heterocycles. The molecule has 3 aromatic carbocycles. The number of rotatable bonds is 5. The Bertz CT molecular complexity index is 1580. The summed E-state index contributed by atoms with van der Waals surface area (Å²) < 4.78 is 2.26. The second-order valence-corrected chi connectivity index (χ2v) is 12.2. The number of hydrogen-bond acceptors (Lipinski definition) is 1. The molecule has 0 saturated heterocycles. The number of anilines is 1. The molecule has 0 N–H and O–H groups in total. The van der Waals surface area contributed by atoms with Gasteiger partial charge in [-0.2, -0.15) is 4.58 Å². The number of benzene rings is 3. The smallest absolute Gasteiger partial charge is 0.209 e. The van der Waals surface area contributed by atoms with Crippen molar-refractivity contribution in [3.05, 3.63) is 136 Å². The molecule has 0 unspecified atom stereocenters. The Balaban J connectivity index is 1.47. The maximum atomic E-state index is 6.34. The van der Waals surface area contributed by atoms with Gasteiger partial charge in [-0.15, -0.1) is 0 Å². The summed E-state index contributed by atoms with van der Waals surface area (Å²) in [5.74, 6) is 0. The van der Waals surface area contributed by atoms with Gasteiger partial charge in [0.05, 0.1) is 5.41 Å². The van der Waals surface area contributed by atoms with Crippen LogP contribution in [0.5, 0.6) is 0 Å². The molecule has 4 heteroatoms. The summed E-state index contributed by atoms with van der Waals surface area (Å²) in [4.78, 5) is 2.26. The van der Waals surface area contributed by atoms with Crippen LogP contribution >= 0.6 is 23.2 Å². The van der Waals surface area contributed by atoms with E-state index in [4.69, 9.17) is 23.2 Å². The highest BCUT2D eigenvalue weighted by atomic mass is 35.5. The summed E-state index contributed by atoms with van der Waals surface area (Å²) >= 11 is 12.7. The van der Waals surface area contributed by atoms with Gasteiger partial charge in [-0.3, -0.25) is 0 Å². The van der Waals surface area contributed by atoms with Crippen molar-refractivity contribution >= 4 is 45.9 Å². The lowest BCUT2D eigenvalue weighted by molar-refractivity contribution is -0.401. The third kappa shape index (κ3) is 4.93. The molecule has 3 aromatic rings. The van der Waals surface area contributed by atoms with E-state index in [1.54, 1.807) is 0 Å². The first-order chi connectivity index (χ1) is 18.5. The fourth-order valence-corrected chi connectivity index (χ4v) is 6.33. The standard InChI is InChI=1S/C35H35Cl2N2/c1-34(2)28-22-26(36)18-20-30(28)38(5)32(34)16-10-14-25(24-12-8-7-9-13-24)15-11-17-33-35(3,4)29-23-27(37)19-21-31(29)39(33)6/h7-23H,1-6H3/q+1. The van der Waals surface area contributed by atoms with Gasteiger partial charge >= 0.3 is 0 Å². The number of halogens is 2. The van der Waals surface area contributed by atoms with Crippen LogP contribution in [-0.2, 0) is 10.8 Å². The highest BCUT2D eigenvalue weighted by Gasteiger charge is 2.43. The highest BCUT2D eigenvalue weighted by molar-refractivity contribution is 6.31. The van der Waals surface area contributed by atoms with E-state index in [0.717, 1.165) is 15.6 Å². The van der Waals surface area contributed by atoms with Crippen molar-refractivity contribution in [1.29, 1.82) is 0 Å². The number of likely N-dealkylation sites (N-methyl/N-ethyl adjacent to an activating group) is 1. The van der Waals surface area contributed by atoms with Crippen molar-refractivity contribution in [1.82, 2.24) is 0 Å². The van der Waals surface area contributed by atoms with E-state index in [0.29, 0.717) is 0 Å². The van der Waals surface area contributed by atoms with Gasteiger partial charge in [0, 0.05) is 51.6 Å². The monoisotopic (exact) mass is 553 g/mol. The van der Waals surface area contributed by atoms with Crippen LogP contribution in [0.25, 0.3) is 5.57 Å². The van der Waals surface area contributed by atoms with Gasteiger partial charge in [-0.25, -0.2) is 0 Å². The van der Waals surface area contributed by atoms with Crippen molar-refractivity contribution in [3.8, 4) is 0 Å². The molecular weight excluding hydrogens is 519 g/mol. The summed E-state index contributed by atoms with van der Waals surface area (Å²) in [7, 11) is 4.25. The first-order valence-corrected chi connectivity index (χ1v) is 14.0. The average molecular weight is 555 g/mol. The molecule has 0 radical (unpaired) electrons. The molecule has 198 valence electrons. The van der Waals surface area contributed by atoms with E-state index in [2.05, 4.69) is 142 Å². The number of fused-ring (bicyclic) bond motifs is 2. The Kier molecular flexibility index (Phi) is 7.22. The van der Waals surface area contributed by atoms with Crippen LogP contribution in [0.2, 0.25) is 10.0 Å². The third-order valence-corrected chi connectivity index (χ3v) is 8.63. The lowest BCUT2D eigenvalue weighted by Crippen LogP contribution is -2.26. The molecule has 0 fully saturated rings. The minimum Gasteiger partial charge on any atom is -0.347 e. The number of nitrogens with zero attached hydrogens (tertiary/aromatic N) is 2. The predicted molar refractivity (Wildman–Crippen MR) is 169 cm³/mol. The molecule has 2 heterocycles. The normalized spacial score (nSPS) is 19.0. The predicted octanol–water partition coefficient (Wildman–Crippen LogP) is 9.51. The third-order valence-electron chi connectivity index (χ3n) is 8.16. The Labute approximate surface area is 242 Å². The van der Waals surface area contributed by atoms with E-state index in [-0.39, 0.29) is 10.8 Å². The molecule has 2 nitrogen and oxygen atoms in total. The first-order valence-electron chi connectivity index (χ1n) is 13.3. The number of hydrogen-bond donors (Lipinski definition) is 0. The van der Waals surface area contributed by atoms with Crippen molar-refractivity contribution in [2.24, 2.45) is 0 Å². The van der Waals surface area contributed by atoms with Crippen LogP contribution in [0.1, 0.15) is 44.4 Å². The fraction of sp³-hybridized carbons (Fsp3) is 0.229. The van der Waals surface area contributed by atoms with Gasteiger partial charge < -0.3 is 4.90 Å². The van der Waals surface area contributed by atoms with E-state index >= 15 is 0 Å². The van der Waals surface area contributed by atoms with Crippen molar-refractivity contribution in [2.45, 2.75) is 38.5 Å². The summed E-state index contributed by atoms with van der Waals surface area (Å²) in [6, 6.07) is 22.8. The van der Waals surface area contributed by atoms with Gasteiger partial charge in [0.25, 0.3) is 0 Å². The highest BCUT2D eigenvalue weighted by Crippen LogP contribution is 2.47. The lowest BCUT2D eigenvalue weighted by Gasteiger charge is -2.23. The summed E-state index contributed by atoms with van der Waals surface area (Å²) in [5.41, 5.74) is 9.42. The van der Waals surface area contributed by atoms with Crippen molar-refractivity contribution in [3.63, 3.8) is 0 Å². The largest absolute Gasteiger partial charge is 0.347 e. The van der Waals surface area contributed by atoms with Gasteiger partial charge in [0.2, 0.25) is 5.69 Å². The average Bonchev–Trinajstić information content (AvgIpc) is 3.21. The van der Waals surface area contributed by atoms with Gasteiger partial charge in [-0.05, 0) is 67.0 Å². The topological polar surface area (TPSA) is 6.25 Å². The zero-order valence-corrected chi connectivity index (χ0v) is 25.0. The van der Waals surface area contributed by atoms with E-state index in [1.165, 1.54) is 39.5 Å². The first kappa shape index (κ1) is 27.2. The fourth-order valence-electron chi connectivity index (χ4n) is 5.98. The lowest BCUT2D eigenvalue weighted by atomic mass is 9.81. The van der Waals surface area contributed by atoms with Crippen LogP contribution in [0, 0.1) is 0 Å². The van der Waals surface area contributed by atoms with Crippen LogP contribution in [0.4, 0.5) is 11.4 Å². The van der Waals surface area contributed by atoms with Crippen LogP contribution in [0.15, 0.2) is 109 Å². The maximum absolute atomic E-state index is 6.34. The quantitative estimate of drug-likeness (QED) is 0.225. The van der Waals surface area contributed by atoms with E-state index in [1.807, 2.05) is 12.1 Å². The molecule has 5 rings (SSSR count). The summed E-state index contributed by atoms with van der Waals surface area (Å²) in [5, 5.41) is 1.54. The zero-order valence-electron chi connectivity index (χ0n) is 23.5. The summed E-state index contributed by atoms with van der Waals surface area (Å²) in [6.45, 7) is 9.02. The Morgan fingerprint density at radius 3 is 2.21 bits per heavy atom. The molecule has 2 aliphatic rings. The summed E-state index contributed by atoms with van der Waals surface area (Å²) in [6.07, 6.45) is 13.1. The second-order valence-electron chi connectivity index (χ2n) is 11.3. The van der Waals surface area contributed by atoms with Gasteiger partial charge in [0.1, 0.15) is 7.05 Å². The molecule has 0 atom stereocenters. The molecule has 0 aliphatic carbocycles. The van der Waals surface area contributed by atoms with E-state index in [9.17, 15) is 0 Å². The SMILES string of the molecule is CN1C(=CC=CC(=CC=CC2=[N+](C)c3ccc(Cl)cc3C2(C)C)c2ccccc2)C(C)(C)c2cc(Cl)ccc21. The molecule has 0 bridgehead atoms. The van der Waals surface area contributed by atoms with E-state index < -0.39 is 0 Å². The van der Waals surface area contributed by atoms with Crippen LogP contribution in [0.3, 0.4) is 0 Å². The second kappa shape index (κ2) is 10.3. The molecule has 39 heavy (non-hydrogen) atoms. The Morgan fingerprint density at radius 2 is 1.49 bits per heavy atom. The number of allylic oxidation sites excluding steroid dienone is 8. The molecular formula is C35H35Cl2N2+. The van der Waals surface area contributed by atoms with Gasteiger partial charge in [-0.1, -0.05) is 91.7 Å².